The highest BCUT2D eigenvalue weighted by Gasteiger charge is 2.09. The second-order valence-electron chi connectivity index (χ2n) is 4.28. The molecule has 0 heterocycles. The van der Waals surface area contributed by atoms with E-state index in [0.717, 1.165) is 5.56 Å². The van der Waals surface area contributed by atoms with E-state index in [4.69, 9.17) is 10.5 Å². The van der Waals surface area contributed by atoms with Gasteiger partial charge in [-0.15, -0.1) is 0 Å². The lowest BCUT2D eigenvalue weighted by atomic mass is 10.1. The molecule has 0 aliphatic rings. The second-order valence-corrected chi connectivity index (χ2v) is 4.28. The van der Waals surface area contributed by atoms with Crippen molar-refractivity contribution >= 4 is 17.5 Å². The van der Waals surface area contributed by atoms with Gasteiger partial charge in [-0.2, -0.15) is 0 Å². The zero-order valence-corrected chi connectivity index (χ0v) is 11.9. The fourth-order valence-electron chi connectivity index (χ4n) is 1.60. The number of hydrogen-bond donors (Lipinski definition) is 3. The van der Waals surface area contributed by atoms with Gasteiger partial charge in [-0.1, -0.05) is 6.07 Å². The van der Waals surface area contributed by atoms with E-state index in [1.54, 1.807) is 18.2 Å². The molecule has 0 aliphatic heterocycles. The molecule has 6 heteroatoms. The standard InChI is InChI=1S/C14H21N3O3/c1-3-16-14(19)11-5-4-10(2)12(8-11)17-13(18)9-20-7-6-15/h4-5,8H,3,6-7,9,15H2,1-2H3,(H,16,19)(H,17,18). The van der Waals surface area contributed by atoms with E-state index in [1.807, 2.05) is 13.8 Å². The van der Waals surface area contributed by atoms with Crippen LogP contribution in [-0.2, 0) is 9.53 Å². The molecule has 0 aromatic heterocycles. The Kier molecular flexibility index (Phi) is 6.69. The highest BCUT2D eigenvalue weighted by molar-refractivity contribution is 5.98. The summed E-state index contributed by atoms with van der Waals surface area (Å²) in [6.07, 6.45) is 0. The van der Waals surface area contributed by atoms with Gasteiger partial charge in [0.2, 0.25) is 5.91 Å². The van der Waals surface area contributed by atoms with Crippen LogP contribution in [0.4, 0.5) is 5.69 Å². The summed E-state index contributed by atoms with van der Waals surface area (Å²) in [6.45, 7) is 4.93. The van der Waals surface area contributed by atoms with Crippen LogP contribution in [-0.4, -0.2) is 38.1 Å². The van der Waals surface area contributed by atoms with E-state index in [2.05, 4.69) is 10.6 Å². The van der Waals surface area contributed by atoms with Crippen molar-refractivity contribution in [3.8, 4) is 0 Å². The van der Waals surface area contributed by atoms with Gasteiger partial charge in [-0.3, -0.25) is 9.59 Å². The number of benzene rings is 1. The number of carbonyl (C=O) groups is 2. The van der Waals surface area contributed by atoms with Crippen molar-refractivity contribution in [1.82, 2.24) is 5.32 Å². The molecule has 2 amide bonds. The van der Waals surface area contributed by atoms with Crippen molar-refractivity contribution in [3.63, 3.8) is 0 Å². The molecular weight excluding hydrogens is 258 g/mol. The topological polar surface area (TPSA) is 93.5 Å². The average Bonchev–Trinajstić information content (AvgIpc) is 2.42. The van der Waals surface area contributed by atoms with Gasteiger partial charge in [-0.05, 0) is 31.5 Å². The van der Waals surface area contributed by atoms with Crippen LogP contribution in [0, 0.1) is 6.92 Å². The van der Waals surface area contributed by atoms with Crippen LogP contribution in [0.1, 0.15) is 22.8 Å². The molecule has 6 nitrogen and oxygen atoms in total. The van der Waals surface area contributed by atoms with Crippen molar-refractivity contribution in [2.75, 3.05) is 31.6 Å². The first-order valence-electron chi connectivity index (χ1n) is 6.55. The maximum Gasteiger partial charge on any atom is 0.251 e. The quantitative estimate of drug-likeness (QED) is 0.639. The van der Waals surface area contributed by atoms with Crippen LogP contribution >= 0.6 is 0 Å². The number of hydrogen-bond acceptors (Lipinski definition) is 4. The maximum absolute atomic E-state index is 11.7. The van der Waals surface area contributed by atoms with Crippen molar-refractivity contribution < 1.29 is 14.3 Å². The van der Waals surface area contributed by atoms with E-state index < -0.39 is 0 Å². The smallest absolute Gasteiger partial charge is 0.251 e. The van der Waals surface area contributed by atoms with Crippen LogP contribution in [0.5, 0.6) is 0 Å². The fraction of sp³-hybridized carbons (Fsp3) is 0.429. The van der Waals surface area contributed by atoms with Crippen LogP contribution in [0.2, 0.25) is 0 Å². The number of aryl methyl sites for hydroxylation is 1. The number of carbonyl (C=O) groups excluding carboxylic acids is 2. The maximum atomic E-state index is 11.7. The highest BCUT2D eigenvalue weighted by atomic mass is 16.5. The first-order chi connectivity index (χ1) is 9.58. The Hall–Kier alpha value is -1.92. The summed E-state index contributed by atoms with van der Waals surface area (Å²) in [7, 11) is 0. The number of nitrogens with one attached hydrogen (secondary N) is 2. The predicted octanol–water partition coefficient (Wildman–Crippen LogP) is 0.659. The lowest BCUT2D eigenvalue weighted by Gasteiger charge is -2.10. The molecule has 0 radical (unpaired) electrons. The molecule has 0 aliphatic carbocycles. The summed E-state index contributed by atoms with van der Waals surface area (Å²) < 4.78 is 5.06. The van der Waals surface area contributed by atoms with Crippen molar-refractivity contribution in [1.29, 1.82) is 0 Å². The van der Waals surface area contributed by atoms with Gasteiger partial charge in [0.25, 0.3) is 5.91 Å². The van der Waals surface area contributed by atoms with Gasteiger partial charge in [0.05, 0.1) is 6.61 Å². The zero-order valence-electron chi connectivity index (χ0n) is 11.9. The van der Waals surface area contributed by atoms with Crippen LogP contribution in [0.3, 0.4) is 0 Å². The van der Waals surface area contributed by atoms with Crippen LogP contribution in [0.25, 0.3) is 0 Å². The van der Waals surface area contributed by atoms with Crippen molar-refractivity contribution in [2.24, 2.45) is 5.73 Å². The Morgan fingerprint density at radius 1 is 1.35 bits per heavy atom. The van der Waals surface area contributed by atoms with Gasteiger partial charge in [0.1, 0.15) is 6.61 Å². The molecule has 1 aromatic rings. The van der Waals surface area contributed by atoms with Gasteiger partial charge in [0, 0.05) is 24.3 Å². The molecular formula is C14H21N3O3. The van der Waals surface area contributed by atoms with Crippen LogP contribution in [0.15, 0.2) is 18.2 Å². The minimum absolute atomic E-state index is 0.0535. The zero-order chi connectivity index (χ0) is 15.0. The fourth-order valence-corrected chi connectivity index (χ4v) is 1.60. The second kappa shape index (κ2) is 8.29. The summed E-state index contributed by atoms with van der Waals surface area (Å²) in [4.78, 5) is 23.4. The number of amides is 2. The summed E-state index contributed by atoms with van der Waals surface area (Å²) in [5.41, 5.74) is 7.27. The predicted molar refractivity (Wildman–Crippen MR) is 77.7 cm³/mol. The average molecular weight is 279 g/mol. The molecule has 1 aromatic carbocycles. The largest absolute Gasteiger partial charge is 0.370 e. The molecule has 0 spiro atoms. The third-order valence-corrected chi connectivity index (χ3v) is 2.61. The Bertz CT molecular complexity index is 475. The Labute approximate surface area is 118 Å². The van der Waals surface area contributed by atoms with E-state index >= 15 is 0 Å². The van der Waals surface area contributed by atoms with Gasteiger partial charge >= 0.3 is 0 Å². The number of nitrogens with two attached hydrogens (primary N) is 1. The monoisotopic (exact) mass is 279 g/mol. The molecule has 1 rings (SSSR count). The number of rotatable bonds is 7. The molecule has 0 atom stereocenters. The molecule has 20 heavy (non-hydrogen) atoms. The lowest BCUT2D eigenvalue weighted by Crippen LogP contribution is -2.24. The third-order valence-electron chi connectivity index (χ3n) is 2.61. The van der Waals surface area contributed by atoms with Gasteiger partial charge < -0.3 is 21.1 Å². The third kappa shape index (κ3) is 4.99. The summed E-state index contributed by atoms with van der Waals surface area (Å²) in [5.74, 6) is -0.433. The first kappa shape index (κ1) is 16.1. The summed E-state index contributed by atoms with van der Waals surface area (Å²) in [5, 5.41) is 5.44. The molecule has 0 unspecified atom stereocenters. The van der Waals surface area contributed by atoms with E-state index in [-0.39, 0.29) is 18.4 Å². The Balaban J connectivity index is 2.71. The van der Waals surface area contributed by atoms with Crippen LogP contribution < -0.4 is 16.4 Å². The molecule has 4 N–H and O–H groups in total. The van der Waals surface area contributed by atoms with Crippen molar-refractivity contribution in [3.05, 3.63) is 29.3 Å². The SMILES string of the molecule is CCNC(=O)c1ccc(C)c(NC(=O)COCCN)c1. The van der Waals surface area contributed by atoms with E-state index in [9.17, 15) is 9.59 Å². The number of anilines is 1. The molecule has 0 bridgehead atoms. The lowest BCUT2D eigenvalue weighted by molar-refractivity contribution is -0.120. The Morgan fingerprint density at radius 3 is 2.75 bits per heavy atom. The molecule has 0 fully saturated rings. The van der Waals surface area contributed by atoms with E-state index in [0.29, 0.717) is 30.9 Å². The van der Waals surface area contributed by atoms with E-state index in [1.165, 1.54) is 0 Å². The minimum atomic E-state index is -0.269. The number of ether oxygens (including phenoxy) is 1. The highest BCUT2D eigenvalue weighted by Crippen LogP contribution is 2.16. The molecule has 0 saturated heterocycles. The molecule has 0 saturated carbocycles. The van der Waals surface area contributed by atoms with Gasteiger partial charge in [0.15, 0.2) is 0 Å². The first-order valence-corrected chi connectivity index (χ1v) is 6.55. The summed E-state index contributed by atoms with van der Waals surface area (Å²) >= 11 is 0. The summed E-state index contributed by atoms with van der Waals surface area (Å²) in [6, 6.07) is 5.17. The Morgan fingerprint density at radius 2 is 2.10 bits per heavy atom. The van der Waals surface area contributed by atoms with Gasteiger partial charge in [-0.25, -0.2) is 0 Å². The normalized spacial score (nSPS) is 10.2. The molecule has 110 valence electrons. The van der Waals surface area contributed by atoms with Crippen molar-refractivity contribution in [2.45, 2.75) is 13.8 Å². The minimum Gasteiger partial charge on any atom is -0.370 e.